The van der Waals surface area contributed by atoms with Gasteiger partial charge in [-0.1, -0.05) is 0 Å². The molecule has 1 fully saturated rings. The summed E-state index contributed by atoms with van der Waals surface area (Å²) in [6.45, 7) is 1.48. The molecular formula is C17H23N7O3. The molecule has 2 amide bonds. The molecule has 0 bridgehead atoms. The lowest BCUT2D eigenvalue weighted by molar-refractivity contribution is -0.129. The van der Waals surface area contributed by atoms with Gasteiger partial charge in [-0.3, -0.25) is 19.3 Å². The SMILES string of the molecule is COCCN1C(=O)C[C@@H](CNc2cncc(C(N)=O)n2)[C@@H]1c1cnn(C)c1. The van der Waals surface area contributed by atoms with Crippen molar-refractivity contribution in [3.63, 3.8) is 0 Å². The minimum absolute atomic E-state index is 0.0117. The highest BCUT2D eigenvalue weighted by atomic mass is 16.5. The molecule has 0 unspecified atom stereocenters. The van der Waals surface area contributed by atoms with Crippen LogP contribution in [0.2, 0.25) is 0 Å². The van der Waals surface area contributed by atoms with Crippen molar-refractivity contribution < 1.29 is 14.3 Å². The summed E-state index contributed by atoms with van der Waals surface area (Å²) < 4.78 is 6.87. The summed E-state index contributed by atoms with van der Waals surface area (Å²) >= 11 is 0. The van der Waals surface area contributed by atoms with Crippen molar-refractivity contribution in [1.29, 1.82) is 0 Å². The number of aromatic nitrogens is 4. The van der Waals surface area contributed by atoms with Crippen molar-refractivity contribution in [1.82, 2.24) is 24.6 Å². The van der Waals surface area contributed by atoms with Gasteiger partial charge in [-0.15, -0.1) is 0 Å². The Morgan fingerprint density at radius 3 is 2.89 bits per heavy atom. The molecule has 1 saturated heterocycles. The van der Waals surface area contributed by atoms with Gasteiger partial charge >= 0.3 is 0 Å². The standard InChI is InChI=1S/C17H23N7O3/c1-23-10-12(7-21-23)16-11(5-15(25)24(16)3-4-27-2)6-20-14-9-19-8-13(22-14)17(18)26/h7-11,16H,3-6H2,1-2H3,(H2,18,26)(H,20,22)/t11-,16+/m0/s1. The molecule has 0 aliphatic carbocycles. The maximum absolute atomic E-state index is 12.6. The van der Waals surface area contributed by atoms with Crippen LogP contribution < -0.4 is 11.1 Å². The zero-order valence-electron chi connectivity index (χ0n) is 15.3. The first kappa shape index (κ1) is 18.8. The molecule has 144 valence electrons. The van der Waals surface area contributed by atoms with Gasteiger partial charge in [0.1, 0.15) is 11.5 Å². The van der Waals surface area contributed by atoms with E-state index in [9.17, 15) is 9.59 Å². The fourth-order valence-corrected chi connectivity index (χ4v) is 3.35. The van der Waals surface area contributed by atoms with Gasteiger partial charge < -0.3 is 20.7 Å². The van der Waals surface area contributed by atoms with Crippen molar-refractivity contribution in [3.05, 3.63) is 36.0 Å². The van der Waals surface area contributed by atoms with E-state index in [0.29, 0.717) is 31.9 Å². The molecule has 1 aliphatic rings. The quantitative estimate of drug-likeness (QED) is 0.664. The Labute approximate surface area is 156 Å². The topological polar surface area (TPSA) is 128 Å². The van der Waals surface area contributed by atoms with E-state index in [2.05, 4.69) is 20.4 Å². The Balaban J connectivity index is 1.77. The minimum atomic E-state index is -0.638. The summed E-state index contributed by atoms with van der Waals surface area (Å²) in [6, 6.07) is -0.110. The van der Waals surface area contributed by atoms with Gasteiger partial charge in [0.2, 0.25) is 5.91 Å². The zero-order valence-corrected chi connectivity index (χ0v) is 15.3. The predicted octanol–water partition coefficient (Wildman–Crippen LogP) is -0.0429. The lowest BCUT2D eigenvalue weighted by atomic mass is 9.95. The molecule has 3 heterocycles. The number of hydrogen-bond donors (Lipinski definition) is 2. The maximum Gasteiger partial charge on any atom is 0.268 e. The second-order valence-electron chi connectivity index (χ2n) is 6.47. The lowest BCUT2D eigenvalue weighted by Crippen LogP contribution is -2.33. The number of carbonyl (C=O) groups excluding carboxylic acids is 2. The van der Waals surface area contributed by atoms with Crippen LogP contribution in [0.25, 0.3) is 0 Å². The van der Waals surface area contributed by atoms with Crippen molar-refractivity contribution in [2.75, 3.05) is 32.1 Å². The fraction of sp³-hybridized carbons (Fsp3) is 0.471. The Morgan fingerprint density at radius 2 is 2.22 bits per heavy atom. The first-order chi connectivity index (χ1) is 13.0. The maximum atomic E-state index is 12.6. The van der Waals surface area contributed by atoms with E-state index in [4.69, 9.17) is 10.5 Å². The molecule has 0 spiro atoms. The van der Waals surface area contributed by atoms with Crippen LogP contribution in [-0.4, -0.2) is 63.3 Å². The van der Waals surface area contributed by atoms with Crippen molar-refractivity contribution in [3.8, 4) is 0 Å². The van der Waals surface area contributed by atoms with Crippen LogP contribution in [-0.2, 0) is 16.6 Å². The van der Waals surface area contributed by atoms with Gasteiger partial charge in [-0.2, -0.15) is 5.10 Å². The predicted molar refractivity (Wildman–Crippen MR) is 96.7 cm³/mol. The number of likely N-dealkylation sites (tertiary alicyclic amines) is 1. The molecule has 10 heteroatoms. The summed E-state index contributed by atoms with van der Waals surface area (Å²) in [6.07, 6.45) is 6.94. The third-order valence-corrected chi connectivity index (χ3v) is 4.57. The van der Waals surface area contributed by atoms with E-state index in [1.807, 2.05) is 18.1 Å². The van der Waals surface area contributed by atoms with E-state index in [1.165, 1.54) is 12.4 Å². The van der Waals surface area contributed by atoms with Gasteiger partial charge in [-0.25, -0.2) is 4.98 Å². The Hall–Kier alpha value is -3.01. The number of hydrogen-bond acceptors (Lipinski definition) is 7. The first-order valence-corrected chi connectivity index (χ1v) is 8.62. The highest BCUT2D eigenvalue weighted by Gasteiger charge is 2.40. The molecule has 2 atom stereocenters. The molecule has 2 aromatic rings. The Bertz CT molecular complexity index is 822. The normalized spacial score (nSPS) is 19.5. The molecule has 0 aromatic carbocycles. The average Bonchev–Trinajstić information content (AvgIpc) is 3.21. The van der Waals surface area contributed by atoms with Crippen LogP contribution in [0.4, 0.5) is 5.82 Å². The second kappa shape index (κ2) is 8.12. The van der Waals surface area contributed by atoms with Crippen molar-refractivity contribution >= 4 is 17.6 Å². The first-order valence-electron chi connectivity index (χ1n) is 8.62. The summed E-state index contributed by atoms with van der Waals surface area (Å²) in [5.74, 6) is -0.109. The van der Waals surface area contributed by atoms with Gasteiger partial charge in [-0.05, 0) is 0 Å². The van der Waals surface area contributed by atoms with Gasteiger partial charge in [0.25, 0.3) is 5.91 Å². The van der Waals surface area contributed by atoms with Crippen molar-refractivity contribution in [2.45, 2.75) is 12.5 Å². The largest absolute Gasteiger partial charge is 0.383 e. The highest BCUT2D eigenvalue weighted by Crippen LogP contribution is 2.37. The molecule has 1 aliphatic heterocycles. The molecule has 0 saturated carbocycles. The third-order valence-electron chi connectivity index (χ3n) is 4.57. The summed E-state index contributed by atoms with van der Waals surface area (Å²) in [5, 5.41) is 7.40. The smallest absolute Gasteiger partial charge is 0.268 e. The van der Waals surface area contributed by atoms with Crippen LogP contribution in [0.3, 0.4) is 0 Å². The molecule has 3 rings (SSSR count). The van der Waals surface area contributed by atoms with E-state index in [1.54, 1.807) is 18.0 Å². The molecule has 0 radical (unpaired) electrons. The Morgan fingerprint density at radius 1 is 1.41 bits per heavy atom. The van der Waals surface area contributed by atoms with Crippen LogP contribution in [0.15, 0.2) is 24.8 Å². The van der Waals surface area contributed by atoms with Gasteiger partial charge in [0, 0.05) is 51.3 Å². The number of nitrogens with one attached hydrogen (secondary N) is 1. The monoisotopic (exact) mass is 373 g/mol. The van der Waals surface area contributed by atoms with Crippen LogP contribution in [0.5, 0.6) is 0 Å². The fourth-order valence-electron chi connectivity index (χ4n) is 3.35. The van der Waals surface area contributed by atoms with E-state index >= 15 is 0 Å². The lowest BCUT2D eigenvalue weighted by Gasteiger charge is -2.27. The van der Waals surface area contributed by atoms with Gasteiger partial charge in [0.15, 0.2) is 0 Å². The van der Waals surface area contributed by atoms with E-state index < -0.39 is 5.91 Å². The molecule has 10 nitrogen and oxygen atoms in total. The number of methoxy groups -OCH3 is 1. The number of ether oxygens (including phenoxy) is 1. The molecular weight excluding hydrogens is 350 g/mol. The number of aryl methyl sites for hydroxylation is 1. The average molecular weight is 373 g/mol. The van der Waals surface area contributed by atoms with Crippen LogP contribution in [0, 0.1) is 5.92 Å². The number of rotatable bonds is 8. The third kappa shape index (κ3) is 4.22. The van der Waals surface area contributed by atoms with Crippen molar-refractivity contribution in [2.24, 2.45) is 18.7 Å². The number of carbonyl (C=O) groups is 2. The number of primary amides is 1. The molecule has 2 aromatic heterocycles. The van der Waals surface area contributed by atoms with E-state index in [-0.39, 0.29) is 23.6 Å². The number of nitrogens with two attached hydrogens (primary N) is 1. The van der Waals surface area contributed by atoms with Crippen LogP contribution in [0.1, 0.15) is 28.5 Å². The number of nitrogens with zero attached hydrogens (tertiary/aromatic N) is 5. The van der Waals surface area contributed by atoms with E-state index in [0.717, 1.165) is 5.56 Å². The van der Waals surface area contributed by atoms with Crippen LogP contribution >= 0.6 is 0 Å². The summed E-state index contributed by atoms with van der Waals surface area (Å²) in [7, 11) is 3.46. The summed E-state index contributed by atoms with van der Waals surface area (Å²) in [5.41, 5.74) is 6.31. The van der Waals surface area contributed by atoms with Gasteiger partial charge in [0.05, 0.1) is 31.2 Å². The molecule has 27 heavy (non-hydrogen) atoms. The number of amides is 2. The highest BCUT2D eigenvalue weighted by molar-refractivity contribution is 5.90. The minimum Gasteiger partial charge on any atom is -0.383 e. The molecule has 3 N–H and O–H groups in total. The Kier molecular flexibility index (Phi) is 5.65. The summed E-state index contributed by atoms with van der Waals surface area (Å²) in [4.78, 5) is 33.8. The zero-order chi connectivity index (χ0) is 19.4. The number of anilines is 1. The second-order valence-corrected chi connectivity index (χ2v) is 6.47.